The zero-order chi connectivity index (χ0) is 20.5. The summed E-state index contributed by atoms with van der Waals surface area (Å²) in [5.74, 6) is 0. The number of halogens is 3. The smallest absolute Gasteiger partial charge is 0.345 e. The Labute approximate surface area is 191 Å². The first-order valence-corrected chi connectivity index (χ1v) is 11.1. The molecule has 8 heteroatoms. The highest BCUT2D eigenvalue weighted by Crippen LogP contribution is 2.31. The van der Waals surface area contributed by atoms with Crippen molar-refractivity contribution in [2.24, 2.45) is 0 Å². The number of thiazole rings is 1. The summed E-state index contributed by atoms with van der Waals surface area (Å²) >= 11 is 14.0. The highest BCUT2D eigenvalue weighted by Gasteiger charge is 2.15. The maximum atomic E-state index is 12.5. The van der Waals surface area contributed by atoms with Crippen molar-refractivity contribution < 1.29 is 4.42 Å². The molecule has 0 aliphatic rings. The first kappa shape index (κ1) is 20.0. The average Bonchev–Trinajstić information content (AvgIpc) is 3.17. The van der Waals surface area contributed by atoms with E-state index in [4.69, 9.17) is 16.0 Å². The van der Waals surface area contributed by atoms with Crippen LogP contribution in [0.5, 0.6) is 0 Å². The Morgan fingerprint density at radius 3 is 2.69 bits per heavy atom. The van der Waals surface area contributed by atoms with E-state index in [-0.39, 0.29) is 0 Å². The fraction of sp³-hybridized carbons (Fsp3) is 0. The van der Waals surface area contributed by atoms with Crippen molar-refractivity contribution >= 4 is 77.4 Å². The number of benzene rings is 2. The quantitative estimate of drug-likeness (QED) is 0.201. The van der Waals surface area contributed by atoms with Crippen molar-refractivity contribution in [3.05, 3.63) is 82.8 Å². The van der Waals surface area contributed by atoms with E-state index >= 15 is 0 Å². The van der Waals surface area contributed by atoms with Gasteiger partial charge in [0.25, 0.3) is 0 Å². The lowest BCUT2D eigenvalue weighted by molar-refractivity contribution is 0.561. The Balaban J connectivity index is 1.77. The molecular weight excluding hydrogens is 540 g/mol. The van der Waals surface area contributed by atoms with E-state index in [1.807, 2.05) is 24.3 Å². The van der Waals surface area contributed by atoms with Crippen LogP contribution in [-0.4, -0.2) is 4.98 Å². The van der Waals surface area contributed by atoms with Crippen LogP contribution in [0, 0.1) is 11.3 Å². The highest BCUT2D eigenvalue weighted by atomic mass is 79.9. The Morgan fingerprint density at radius 1 is 1.21 bits per heavy atom. The van der Waals surface area contributed by atoms with E-state index in [2.05, 4.69) is 42.9 Å². The lowest BCUT2D eigenvalue weighted by Crippen LogP contribution is -2.03. The Bertz CT molecular complexity index is 1370. The number of rotatable bonds is 3. The van der Waals surface area contributed by atoms with Crippen LogP contribution < -0.4 is 5.63 Å². The molecule has 0 saturated carbocycles. The van der Waals surface area contributed by atoms with Crippen molar-refractivity contribution in [1.82, 2.24) is 4.98 Å². The third-order valence-electron chi connectivity index (χ3n) is 4.06. The van der Waals surface area contributed by atoms with Gasteiger partial charge in [-0.15, -0.1) is 11.3 Å². The second kappa shape index (κ2) is 8.25. The maximum absolute atomic E-state index is 12.5. The number of allylic oxidation sites excluding steroid dienone is 1. The lowest BCUT2D eigenvalue weighted by Gasteiger charge is -2.03. The van der Waals surface area contributed by atoms with Crippen LogP contribution in [0.15, 0.2) is 66.0 Å². The number of hydrogen-bond donors (Lipinski definition) is 0. The SMILES string of the molecule is N#C/C(=C\c1ccc(Cl)cc1)c1nc(-c2cc3cc(Br)cc(Br)c3oc2=O)cs1. The lowest BCUT2D eigenvalue weighted by atomic mass is 10.1. The monoisotopic (exact) mass is 546 g/mol. The van der Waals surface area contributed by atoms with Crippen LogP contribution >= 0.6 is 54.8 Å². The summed E-state index contributed by atoms with van der Waals surface area (Å²) in [5.41, 5.74) is 2.03. The molecule has 0 radical (unpaired) electrons. The summed E-state index contributed by atoms with van der Waals surface area (Å²) in [7, 11) is 0. The summed E-state index contributed by atoms with van der Waals surface area (Å²) in [6.45, 7) is 0. The van der Waals surface area contributed by atoms with Gasteiger partial charge in [-0.1, -0.05) is 39.7 Å². The first-order chi connectivity index (χ1) is 13.9. The van der Waals surface area contributed by atoms with Gasteiger partial charge in [-0.25, -0.2) is 9.78 Å². The molecule has 0 bridgehead atoms. The maximum Gasteiger partial charge on any atom is 0.345 e. The predicted molar refractivity (Wildman–Crippen MR) is 124 cm³/mol. The van der Waals surface area contributed by atoms with Crippen LogP contribution in [0.1, 0.15) is 10.6 Å². The van der Waals surface area contributed by atoms with E-state index in [0.717, 1.165) is 15.4 Å². The first-order valence-electron chi connectivity index (χ1n) is 8.21. The molecule has 4 nitrogen and oxygen atoms in total. The Morgan fingerprint density at radius 2 is 1.97 bits per heavy atom. The minimum absolute atomic E-state index is 0.341. The number of fused-ring (bicyclic) bond motifs is 1. The standard InChI is InChI=1S/C21H9Br2ClN2O2S/c22-14-6-12-7-16(21(27)28-19(12)17(23)8-14)18-10-29-20(26-18)13(9-25)5-11-1-3-15(24)4-2-11/h1-8,10H/b13-5+. The van der Waals surface area contributed by atoms with Crippen molar-refractivity contribution in [2.75, 3.05) is 0 Å². The normalized spacial score (nSPS) is 11.6. The van der Waals surface area contributed by atoms with Gasteiger partial charge >= 0.3 is 5.63 Å². The summed E-state index contributed by atoms with van der Waals surface area (Å²) in [4.78, 5) is 17.0. The summed E-state index contributed by atoms with van der Waals surface area (Å²) in [5, 5.41) is 13.2. The molecule has 0 fully saturated rings. The molecule has 4 rings (SSSR count). The zero-order valence-electron chi connectivity index (χ0n) is 14.4. The van der Waals surface area contributed by atoms with Crippen LogP contribution in [0.4, 0.5) is 0 Å². The molecule has 2 aromatic carbocycles. The van der Waals surface area contributed by atoms with Gasteiger partial charge in [0.15, 0.2) is 5.58 Å². The molecular formula is C21H9Br2ClN2O2S. The van der Waals surface area contributed by atoms with E-state index < -0.39 is 5.63 Å². The van der Waals surface area contributed by atoms with Gasteiger partial charge in [0, 0.05) is 20.3 Å². The largest absolute Gasteiger partial charge is 0.421 e. The molecule has 2 aromatic heterocycles. The van der Waals surface area contributed by atoms with Gasteiger partial charge in [0.2, 0.25) is 0 Å². The van der Waals surface area contributed by atoms with Crippen molar-refractivity contribution in [2.45, 2.75) is 0 Å². The molecule has 29 heavy (non-hydrogen) atoms. The summed E-state index contributed by atoms with van der Waals surface area (Å²) in [6, 6.07) is 14.7. The minimum atomic E-state index is -0.488. The van der Waals surface area contributed by atoms with Crippen LogP contribution in [0.2, 0.25) is 5.02 Å². The van der Waals surface area contributed by atoms with Gasteiger partial charge in [-0.05, 0) is 57.9 Å². The molecule has 0 aliphatic heterocycles. The molecule has 2 heterocycles. The Kier molecular flexibility index (Phi) is 5.70. The molecule has 0 saturated heterocycles. The second-order valence-corrected chi connectivity index (χ2v) is 9.08. The summed E-state index contributed by atoms with van der Waals surface area (Å²) in [6.07, 6.45) is 1.73. The number of hydrogen-bond acceptors (Lipinski definition) is 5. The second-order valence-electron chi connectivity index (χ2n) is 6.01. The van der Waals surface area contributed by atoms with Crippen molar-refractivity contribution in [1.29, 1.82) is 5.26 Å². The van der Waals surface area contributed by atoms with Gasteiger partial charge < -0.3 is 4.42 Å². The van der Waals surface area contributed by atoms with Gasteiger partial charge in [0.05, 0.1) is 21.3 Å². The van der Waals surface area contributed by atoms with Crippen molar-refractivity contribution in [3.63, 3.8) is 0 Å². The van der Waals surface area contributed by atoms with Crippen LogP contribution in [-0.2, 0) is 0 Å². The molecule has 0 aliphatic carbocycles. The van der Waals surface area contributed by atoms with Crippen molar-refractivity contribution in [3.8, 4) is 17.3 Å². The molecule has 142 valence electrons. The highest BCUT2D eigenvalue weighted by molar-refractivity contribution is 9.11. The minimum Gasteiger partial charge on any atom is -0.421 e. The fourth-order valence-corrected chi connectivity index (χ4v) is 4.98. The molecule has 0 unspecified atom stereocenters. The van der Waals surface area contributed by atoms with Gasteiger partial charge in [-0.2, -0.15) is 5.26 Å². The molecule has 0 amide bonds. The van der Waals surface area contributed by atoms with Gasteiger partial charge in [0.1, 0.15) is 11.1 Å². The fourth-order valence-electron chi connectivity index (χ4n) is 2.72. The average molecular weight is 549 g/mol. The Hall–Kier alpha value is -2.24. The topological polar surface area (TPSA) is 66.9 Å². The summed E-state index contributed by atoms with van der Waals surface area (Å²) < 4.78 is 7.02. The third-order valence-corrected chi connectivity index (χ3v) is 6.24. The molecule has 0 atom stereocenters. The van der Waals surface area contributed by atoms with E-state index in [1.54, 1.807) is 29.7 Å². The predicted octanol–water partition coefficient (Wildman–Crippen LogP) is 7.16. The van der Waals surface area contributed by atoms with E-state index in [9.17, 15) is 10.1 Å². The molecule has 0 spiro atoms. The molecule has 4 aromatic rings. The third kappa shape index (κ3) is 4.21. The van der Waals surface area contributed by atoms with E-state index in [0.29, 0.717) is 36.9 Å². The van der Waals surface area contributed by atoms with Gasteiger partial charge in [-0.3, -0.25) is 0 Å². The van der Waals surface area contributed by atoms with Crippen LogP contribution in [0.25, 0.3) is 33.9 Å². The number of aromatic nitrogens is 1. The number of nitrogens with zero attached hydrogens (tertiary/aromatic N) is 2. The van der Waals surface area contributed by atoms with E-state index in [1.165, 1.54) is 11.3 Å². The molecule has 0 N–H and O–H groups in total. The zero-order valence-corrected chi connectivity index (χ0v) is 19.2. The van der Waals surface area contributed by atoms with Crippen LogP contribution in [0.3, 0.4) is 0 Å². The number of nitriles is 1.